The largest absolute Gasteiger partial charge is 0.367 e. The molecular weight excluding hydrogens is 258 g/mol. The van der Waals surface area contributed by atoms with E-state index < -0.39 is 4.92 Å². The SMILES string of the molecule is CNc1ncnc(N2Cc3ccccc3C2)c1[N+](=O)[O-]. The first kappa shape index (κ1) is 12.3. The smallest absolute Gasteiger partial charge is 0.353 e. The highest BCUT2D eigenvalue weighted by Gasteiger charge is 2.29. The van der Waals surface area contributed by atoms with Gasteiger partial charge in [0.25, 0.3) is 0 Å². The van der Waals surface area contributed by atoms with Gasteiger partial charge in [-0.1, -0.05) is 24.3 Å². The fourth-order valence-corrected chi connectivity index (χ4v) is 2.43. The molecule has 1 aromatic heterocycles. The van der Waals surface area contributed by atoms with Crippen LogP contribution < -0.4 is 10.2 Å². The molecule has 0 saturated carbocycles. The molecule has 0 saturated heterocycles. The summed E-state index contributed by atoms with van der Waals surface area (Å²) in [5.41, 5.74) is 2.26. The Balaban J connectivity index is 2.03. The molecule has 0 bridgehead atoms. The number of nitrogens with zero attached hydrogens (tertiary/aromatic N) is 4. The zero-order valence-corrected chi connectivity index (χ0v) is 10.9. The molecule has 7 heteroatoms. The van der Waals surface area contributed by atoms with Crippen LogP contribution in [-0.4, -0.2) is 21.9 Å². The predicted octanol–water partition coefficient (Wildman–Crippen LogP) is 1.95. The van der Waals surface area contributed by atoms with Crippen molar-refractivity contribution in [2.24, 2.45) is 0 Å². The van der Waals surface area contributed by atoms with Gasteiger partial charge < -0.3 is 10.2 Å². The van der Waals surface area contributed by atoms with Crippen molar-refractivity contribution in [2.45, 2.75) is 13.1 Å². The molecule has 2 heterocycles. The zero-order chi connectivity index (χ0) is 14.1. The minimum Gasteiger partial charge on any atom is -0.367 e. The van der Waals surface area contributed by atoms with Crippen LogP contribution >= 0.6 is 0 Å². The van der Waals surface area contributed by atoms with Crippen molar-refractivity contribution in [3.63, 3.8) is 0 Å². The van der Waals surface area contributed by atoms with Crippen molar-refractivity contribution in [1.29, 1.82) is 0 Å². The number of hydrogen-bond donors (Lipinski definition) is 1. The number of nitro groups is 1. The Hall–Kier alpha value is -2.70. The number of nitrogens with one attached hydrogen (secondary N) is 1. The number of fused-ring (bicyclic) bond motifs is 1. The summed E-state index contributed by atoms with van der Waals surface area (Å²) in [5.74, 6) is 0.585. The minimum atomic E-state index is -0.440. The molecule has 7 nitrogen and oxygen atoms in total. The van der Waals surface area contributed by atoms with Crippen LogP contribution in [0.4, 0.5) is 17.3 Å². The summed E-state index contributed by atoms with van der Waals surface area (Å²) in [6.07, 6.45) is 1.34. The first-order chi connectivity index (χ1) is 9.70. The lowest BCUT2D eigenvalue weighted by atomic mass is 10.1. The summed E-state index contributed by atoms with van der Waals surface area (Å²) in [5, 5.41) is 14.0. The van der Waals surface area contributed by atoms with Crippen molar-refractivity contribution >= 4 is 17.3 Å². The van der Waals surface area contributed by atoms with Gasteiger partial charge >= 0.3 is 5.69 Å². The highest BCUT2D eigenvalue weighted by molar-refractivity contribution is 5.71. The molecule has 0 amide bonds. The Morgan fingerprint density at radius 3 is 2.45 bits per heavy atom. The molecule has 20 heavy (non-hydrogen) atoms. The average molecular weight is 271 g/mol. The molecule has 0 aliphatic carbocycles. The van der Waals surface area contributed by atoms with Gasteiger partial charge in [-0.15, -0.1) is 0 Å². The monoisotopic (exact) mass is 271 g/mol. The number of hydrogen-bond acceptors (Lipinski definition) is 6. The maximum Gasteiger partial charge on any atom is 0.353 e. The topological polar surface area (TPSA) is 84.2 Å². The Bertz CT molecular complexity index is 649. The van der Waals surface area contributed by atoms with E-state index in [1.54, 1.807) is 7.05 Å². The second-order valence-corrected chi connectivity index (χ2v) is 4.53. The summed E-state index contributed by atoms with van der Waals surface area (Å²) >= 11 is 0. The van der Waals surface area contributed by atoms with E-state index in [0.717, 1.165) is 0 Å². The summed E-state index contributed by atoms with van der Waals surface area (Å²) < 4.78 is 0. The van der Waals surface area contributed by atoms with Crippen LogP contribution in [0.25, 0.3) is 0 Å². The van der Waals surface area contributed by atoms with E-state index in [4.69, 9.17) is 0 Å². The van der Waals surface area contributed by atoms with Crippen LogP contribution in [-0.2, 0) is 13.1 Å². The molecule has 1 N–H and O–H groups in total. The van der Waals surface area contributed by atoms with Crippen LogP contribution in [0.1, 0.15) is 11.1 Å². The second-order valence-electron chi connectivity index (χ2n) is 4.53. The molecule has 0 fully saturated rings. The van der Waals surface area contributed by atoms with Gasteiger partial charge in [-0.2, -0.15) is 0 Å². The van der Waals surface area contributed by atoms with Gasteiger partial charge in [-0.3, -0.25) is 10.1 Å². The number of benzene rings is 1. The van der Waals surface area contributed by atoms with Gasteiger partial charge in [-0.05, 0) is 11.1 Å². The first-order valence-electron chi connectivity index (χ1n) is 6.19. The molecule has 1 aliphatic heterocycles. The molecule has 0 unspecified atom stereocenters. The maximum absolute atomic E-state index is 11.3. The third-order valence-electron chi connectivity index (χ3n) is 3.36. The lowest BCUT2D eigenvalue weighted by Crippen LogP contribution is -2.18. The molecule has 1 aromatic carbocycles. The molecule has 0 atom stereocenters. The van der Waals surface area contributed by atoms with E-state index in [1.807, 2.05) is 29.2 Å². The molecule has 3 rings (SSSR count). The van der Waals surface area contributed by atoms with Gasteiger partial charge in [0.1, 0.15) is 6.33 Å². The maximum atomic E-state index is 11.3. The Morgan fingerprint density at radius 1 is 1.25 bits per heavy atom. The number of anilines is 2. The summed E-state index contributed by atoms with van der Waals surface area (Å²) in [6.45, 7) is 1.24. The number of aromatic nitrogens is 2. The van der Waals surface area contributed by atoms with Crippen molar-refractivity contribution < 1.29 is 4.92 Å². The van der Waals surface area contributed by atoms with Crippen LogP contribution in [0.5, 0.6) is 0 Å². The number of rotatable bonds is 3. The van der Waals surface area contributed by atoms with E-state index in [9.17, 15) is 10.1 Å². The Morgan fingerprint density at radius 2 is 1.90 bits per heavy atom. The van der Waals surface area contributed by atoms with Gasteiger partial charge in [-0.25, -0.2) is 9.97 Å². The van der Waals surface area contributed by atoms with Crippen molar-refractivity contribution in [3.05, 3.63) is 51.8 Å². The Kier molecular flexibility index (Phi) is 2.94. The quantitative estimate of drug-likeness (QED) is 0.678. The molecule has 2 aromatic rings. The minimum absolute atomic E-state index is 0.0807. The van der Waals surface area contributed by atoms with Crippen molar-refractivity contribution in [2.75, 3.05) is 17.3 Å². The predicted molar refractivity (Wildman–Crippen MR) is 74.6 cm³/mol. The summed E-state index contributed by atoms with van der Waals surface area (Å²) in [4.78, 5) is 20.8. The Labute approximate surface area is 115 Å². The molecule has 102 valence electrons. The van der Waals surface area contributed by atoms with Crippen LogP contribution in [0.3, 0.4) is 0 Å². The van der Waals surface area contributed by atoms with Crippen LogP contribution in [0, 0.1) is 10.1 Å². The van der Waals surface area contributed by atoms with E-state index in [-0.39, 0.29) is 11.5 Å². The fourth-order valence-electron chi connectivity index (χ4n) is 2.43. The standard InChI is InChI=1S/C13H13N5O2/c1-14-12-11(18(19)20)13(16-8-15-12)17-6-9-4-2-3-5-10(9)7-17/h2-5,8H,6-7H2,1H3,(H,14,15,16). The fraction of sp³-hybridized carbons (Fsp3) is 0.231. The molecule has 0 radical (unpaired) electrons. The van der Waals surface area contributed by atoms with Crippen molar-refractivity contribution in [1.82, 2.24) is 9.97 Å². The summed E-state index contributed by atoms with van der Waals surface area (Å²) in [7, 11) is 1.61. The lowest BCUT2D eigenvalue weighted by Gasteiger charge is -2.16. The normalized spacial score (nSPS) is 13.2. The van der Waals surface area contributed by atoms with E-state index in [2.05, 4.69) is 15.3 Å². The van der Waals surface area contributed by atoms with E-state index >= 15 is 0 Å². The zero-order valence-electron chi connectivity index (χ0n) is 10.9. The third kappa shape index (κ3) is 1.93. The molecular formula is C13H13N5O2. The molecule has 0 spiro atoms. The molecule has 1 aliphatic rings. The van der Waals surface area contributed by atoms with Crippen LogP contribution in [0.2, 0.25) is 0 Å². The van der Waals surface area contributed by atoms with Gasteiger partial charge in [0.05, 0.1) is 4.92 Å². The first-order valence-corrected chi connectivity index (χ1v) is 6.19. The second kappa shape index (κ2) is 4.76. The summed E-state index contributed by atoms with van der Waals surface area (Å²) in [6, 6.07) is 7.99. The highest BCUT2D eigenvalue weighted by atomic mass is 16.6. The average Bonchev–Trinajstić information content (AvgIpc) is 2.90. The lowest BCUT2D eigenvalue weighted by molar-refractivity contribution is -0.383. The highest BCUT2D eigenvalue weighted by Crippen LogP contribution is 2.35. The van der Waals surface area contributed by atoms with E-state index in [0.29, 0.717) is 18.9 Å². The van der Waals surface area contributed by atoms with Crippen LogP contribution in [0.15, 0.2) is 30.6 Å². The van der Waals surface area contributed by atoms with Gasteiger partial charge in [0.2, 0.25) is 11.6 Å². The van der Waals surface area contributed by atoms with Gasteiger partial charge in [0.15, 0.2) is 0 Å². The van der Waals surface area contributed by atoms with Gasteiger partial charge in [0, 0.05) is 20.1 Å². The third-order valence-corrected chi connectivity index (χ3v) is 3.36. The van der Waals surface area contributed by atoms with E-state index in [1.165, 1.54) is 17.5 Å². The van der Waals surface area contributed by atoms with Crippen molar-refractivity contribution in [3.8, 4) is 0 Å².